The lowest BCUT2D eigenvalue weighted by Crippen LogP contribution is -2.37. The van der Waals surface area contributed by atoms with Crippen molar-refractivity contribution in [1.29, 1.82) is 0 Å². The van der Waals surface area contributed by atoms with Gasteiger partial charge >= 0.3 is 6.18 Å². The Kier molecular flexibility index (Phi) is 2.63. The average molecular weight is 192 g/mol. The molecule has 0 aliphatic carbocycles. The first-order valence-corrected chi connectivity index (χ1v) is 3.98. The number of aliphatic imine (C=N–C) groups is 1. The first kappa shape index (κ1) is 10.1. The second-order valence-electron chi connectivity index (χ2n) is 3.18. The molecule has 5 heteroatoms. The van der Waals surface area contributed by atoms with Crippen LogP contribution >= 0.6 is 0 Å². The van der Waals surface area contributed by atoms with Crippen LogP contribution in [0.1, 0.15) is 13.8 Å². The van der Waals surface area contributed by atoms with E-state index in [-0.39, 0.29) is 12.5 Å². The Balaban J connectivity index is 2.64. The molecule has 13 heavy (non-hydrogen) atoms. The molecule has 0 saturated heterocycles. The Hall–Kier alpha value is -1.00. The van der Waals surface area contributed by atoms with Crippen LogP contribution in [0.15, 0.2) is 16.8 Å². The van der Waals surface area contributed by atoms with Gasteiger partial charge in [0.25, 0.3) is 0 Å². The van der Waals surface area contributed by atoms with Crippen LogP contribution in [0, 0.1) is 5.92 Å². The first-order chi connectivity index (χ1) is 5.91. The zero-order chi connectivity index (χ0) is 10.1. The molecule has 2 nitrogen and oxygen atoms in total. The highest BCUT2D eigenvalue weighted by atomic mass is 19.4. The Bertz CT molecular complexity index is 251. The van der Waals surface area contributed by atoms with Crippen molar-refractivity contribution in [3.8, 4) is 0 Å². The molecule has 0 spiro atoms. The zero-order valence-corrected chi connectivity index (χ0v) is 7.44. The minimum atomic E-state index is -4.36. The number of alkyl halides is 3. The molecule has 0 atom stereocenters. The van der Waals surface area contributed by atoms with Crippen LogP contribution in [0.5, 0.6) is 0 Å². The summed E-state index contributed by atoms with van der Waals surface area (Å²) in [4.78, 5) is 3.42. The van der Waals surface area contributed by atoms with E-state index in [9.17, 15) is 13.2 Å². The fourth-order valence-electron chi connectivity index (χ4n) is 0.943. The third-order valence-electron chi connectivity index (χ3n) is 1.82. The predicted octanol–water partition coefficient (Wildman–Crippen LogP) is 2.09. The maximum atomic E-state index is 12.0. The maximum Gasteiger partial charge on any atom is 0.449 e. The van der Waals surface area contributed by atoms with Crippen molar-refractivity contribution in [2.45, 2.75) is 20.0 Å². The van der Waals surface area contributed by atoms with Gasteiger partial charge in [0.05, 0.1) is 6.54 Å². The van der Waals surface area contributed by atoms with Crippen LogP contribution in [0.3, 0.4) is 0 Å². The summed E-state index contributed by atoms with van der Waals surface area (Å²) < 4.78 is 36.1. The van der Waals surface area contributed by atoms with E-state index in [0.717, 1.165) is 5.57 Å². The molecule has 1 aliphatic heterocycles. The summed E-state index contributed by atoms with van der Waals surface area (Å²) in [5.74, 6) is -0.678. The first-order valence-electron chi connectivity index (χ1n) is 3.98. The van der Waals surface area contributed by atoms with Gasteiger partial charge in [-0.05, 0) is 11.5 Å². The summed E-state index contributed by atoms with van der Waals surface area (Å²) in [6, 6.07) is 0. The van der Waals surface area contributed by atoms with Crippen LogP contribution in [-0.2, 0) is 0 Å². The lowest BCUT2D eigenvalue weighted by molar-refractivity contribution is -0.0615. The second-order valence-corrected chi connectivity index (χ2v) is 3.18. The molecule has 0 bridgehead atoms. The molecule has 0 radical (unpaired) electrons. The number of amidine groups is 1. The molecule has 1 N–H and O–H groups in total. The molecule has 1 rings (SSSR count). The van der Waals surface area contributed by atoms with E-state index in [1.165, 1.54) is 6.20 Å². The molecule has 0 aromatic rings. The van der Waals surface area contributed by atoms with Gasteiger partial charge in [-0.25, -0.2) is 0 Å². The fourth-order valence-corrected chi connectivity index (χ4v) is 0.943. The van der Waals surface area contributed by atoms with E-state index in [1.807, 2.05) is 13.8 Å². The van der Waals surface area contributed by atoms with Crippen molar-refractivity contribution in [3.05, 3.63) is 11.8 Å². The summed E-state index contributed by atoms with van der Waals surface area (Å²) in [6.07, 6.45) is -2.97. The quantitative estimate of drug-likeness (QED) is 0.675. The van der Waals surface area contributed by atoms with Gasteiger partial charge in [-0.3, -0.25) is 4.99 Å². The highest BCUT2D eigenvalue weighted by molar-refractivity contribution is 5.89. The predicted molar refractivity (Wildman–Crippen MR) is 44.4 cm³/mol. The maximum absolute atomic E-state index is 12.0. The molecule has 0 aromatic carbocycles. The molecule has 0 unspecified atom stereocenters. The van der Waals surface area contributed by atoms with E-state index >= 15 is 0 Å². The van der Waals surface area contributed by atoms with Gasteiger partial charge in [-0.2, -0.15) is 13.2 Å². The third kappa shape index (κ3) is 2.47. The summed E-state index contributed by atoms with van der Waals surface area (Å²) in [5.41, 5.74) is 0.882. The van der Waals surface area contributed by atoms with E-state index in [1.54, 1.807) is 0 Å². The summed E-state index contributed by atoms with van der Waals surface area (Å²) in [6.45, 7) is 3.97. The highest BCUT2D eigenvalue weighted by Crippen LogP contribution is 2.19. The van der Waals surface area contributed by atoms with Gasteiger partial charge in [0.2, 0.25) is 5.84 Å². The monoisotopic (exact) mass is 192 g/mol. The van der Waals surface area contributed by atoms with Gasteiger partial charge in [-0.1, -0.05) is 13.8 Å². The SMILES string of the molecule is CC(C)C1=CNC(C(F)(F)F)=NC1. The molecule has 0 saturated carbocycles. The summed E-state index contributed by atoms with van der Waals surface area (Å²) >= 11 is 0. The minimum absolute atomic E-state index is 0.138. The van der Waals surface area contributed by atoms with Crippen LogP contribution in [0.2, 0.25) is 0 Å². The van der Waals surface area contributed by atoms with Crippen molar-refractivity contribution in [3.63, 3.8) is 0 Å². The normalized spacial score (nSPS) is 18.0. The number of hydrogen-bond acceptors (Lipinski definition) is 2. The molecule has 0 aromatic heterocycles. The second kappa shape index (κ2) is 3.40. The lowest BCUT2D eigenvalue weighted by atomic mass is 10.0. The van der Waals surface area contributed by atoms with Crippen LogP contribution in [-0.4, -0.2) is 18.6 Å². The topological polar surface area (TPSA) is 24.4 Å². The van der Waals surface area contributed by atoms with Crippen molar-refractivity contribution in [2.75, 3.05) is 6.54 Å². The van der Waals surface area contributed by atoms with Gasteiger partial charge in [-0.15, -0.1) is 0 Å². The van der Waals surface area contributed by atoms with Gasteiger partial charge < -0.3 is 5.32 Å². The molecule has 1 heterocycles. The van der Waals surface area contributed by atoms with Crippen LogP contribution in [0.25, 0.3) is 0 Å². The number of halogens is 3. The van der Waals surface area contributed by atoms with Crippen molar-refractivity contribution < 1.29 is 13.2 Å². The smallest absolute Gasteiger partial charge is 0.343 e. The third-order valence-corrected chi connectivity index (χ3v) is 1.82. The molecule has 0 amide bonds. The van der Waals surface area contributed by atoms with E-state index in [0.29, 0.717) is 0 Å². The van der Waals surface area contributed by atoms with Gasteiger partial charge in [0, 0.05) is 6.20 Å². The highest BCUT2D eigenvalue weighted by Gasteiger charge is 2.36. The Labute approximate surface area is 74.5 Å². The lowest BCUT2D eigenvalue weighted by Gasteiger charge is -2.18. The fraction of sp³-hybridized carbons (Fsp3) is 0.625. The largest absolute Gasteiger partial charge is 0.449 e. The van der Waals surface area contributed by atoms with Crippen molar-refractivity contribution in [1.82, 2.24) is 5.32 Å². The van der Waals surface area contributed by atoms with E-state index < -0.39 is 12.0 Å². The summed E-state index contributed by atoms with van der Waals surface area (Å²) in [5, 5.41) is 2.15. The number of nitrogens with zero attached hydrogens (tertiary/aromatic N) is 1. The molecule has 74 valence electrons. The van der Waals surface area contributed by atoms with Crippen molar-refractivity contribution >= 4 is 5.84 Å². The minimum Gasteiger partial charge on any atom is -0.343 e. The zero-order valence-electron chi connectivity index (χ0n) is 7.44. The Morgan fingerprint density at radius 2 is 2.08 bits per heavy atom. The Morgan fingerprint density at radius 1 is 1.46 bits per heavy atom. The summed E-state index contributed by atoms with van der Waals surface area (Å²) in [7, 11) is 0. The van der Waals surface area contributed by atoms with Crippen molar-refractivity contribution in [2.24, 2.45) is 10.9 Å². The molecular formula is C8H11F3N2. The number of nitrogens with one attached hydrogen (secondary N) is 1. The van der Waals surface area contributed by atoms with Crippen LogP contribution in [0.4, 0.5) is 13.2 Å². The average Bonchev–Trinajstić information content (AvgIpc) is 2.03. The van der Waals surface area contributed by atoms with E-state index in [4.69, 9.17) is 0 Å². The van der Waals surface area contributed by atoms with E-state index in [2.05, 4.69) is 10.3 Å². The molecular weight excluding hydrogens is 181 g/mol. The Morgan fingerprint density at radius 3 is 2.38 bits per heavy atom. The van der Waals surface area contributed by atoms with Crippen LogP contribution < -0.4 is 5.32 Å². The number of hydrogen-bond donors (Lipinski definition) is 1. The molecule has 1 aliphatic rings. The van der Waals surface area contributed by atoms with Gasteiger partial charge in [0.1, 0.15) is 0 Å². The standard InChI is InChI=1S/C8H11F3N2/c1-5(2)6-3-12-7(13-4-6)8(9,10)11/h3,5H,4H2,1-2H3,(H,12,13). The van der Waals surface area contributed by atoms with Gasteiger partial charge in [0.15, 0.2) is 0 Å². The molecule has 0 fully saturated rings. The number of rotatable bonds is 1.